The lowest BCUT2D eigenvalue weighted by atomic mass is 10.2. The fraction of sp³-hybridized carbons (Fsp3) is 0.429. The summed E-state index contributed by atoms with van der Waals surface area (Å²) in [4.78, 5) is 8.40. The van der Waals surface area contributed by atoms with Crippen LogP contribution in [0.15, 0.2) is 29.0 Å². The van der Waals surface area contributed by atoms with Gasteiger partial charge in [-0.1, -0.05) is 29.8 Å². The normalized spacial score (nSPS) is 12.0. The van der Waals surface area contributed by atoms with E-state index in [0.717, 1.165) is 15.4 Å². The Balaban J connectivity index is 2.11. The Morgan fingerprint density at radius 2 is 1.95 bits per heavy atom. The van der Waals surface area contributed by atoms with Crippen molar-refractivity contribution < 1.29 is 8.42 Å². The first kappa shape index (κ1) is 17.1. The van der Waals surface area contributed by atoms with Crippen LogP contribution in [0.1, 0.15) is 13.8 Å². The summed E-state index contributed by atoms with van der Waals surface area (Å²) < 4.78 is 26.7. The fourth-order valence-electron chi connectivity index (χ4n) is 2.21. The van der Waals surface area contributed by atoms with Gasteiger partial charge in [0, 0.05) is 29.5 Å². The van der Waals surface area contributed by atoms with Crippen molar-refractivity contribution in [2.24, 2.45) is 0 Å². The van der Waals surface area contributed by atoms with Crippen LogP contribution in [-0.2, 0) is 10.0 Å². The molecular formula is C14H19BrN4O2S. The summed E-state index contributed by atoms with van der Waals surface area (Å²) in [7, 11) is -3.24. The third-order valence-electron chi connectivity index (χ3n) is 3.35. The highest BCUT2D eigenvalue weighted by Crippen LogP contribution is 2.23. The molecule has 0 amide bonds. The summed E-state index contributed by atoms with van der Waals surface area (Å²) in [5.74, 6) is 0.676. The van der Waals surface area contributed by atoms with Crippen molar-refractivity contribution >= 4 is 42.7 Å². The van der Waals surface area contributed by atoms with Crippen molar-refractivity contribution in [3.63, 3.8) is 0 Å². The Labute approximate surface area is 139 Å². The molecule has 2 rings (SSSR count). The van der Waals surface area contributed by atoms with Gasteiger partial charge in [-0.05, 0) is 18.2 Å². The molecule has 0 spiro atoms. The number of rotatable bonds is 7. The van der Waals surface area contributed by atoms with Gasteiger partial charge in [-0.15, -0.1) is 0 Å². The number of hydrogen-bond acceptors (Lipinski definition) is 5. The molecule has 0 aliphatic carbocycles. The zero-order valence-corrected chi connectivity index (χ0v) is 15.0. The van der Waals surface area contributed by atoms with Gasteiger partial charge in [0.05, 0.1) is 11.3 Å². The highest BCUT2D eigenvalue weighted by atomic mass is 79.9. The minimum atomic E-state index is -3.24. The summed E-state index contributed by atoms with van der Waals surface area (Å²) in [6.07, 6.45) is 1.47. The van der Waals surface area contributed by atoms with E-state index in [1.165, 1.54) is 10.6 Å². The second-order valence-corrected chi connectivity index (χ2v) is 7.71. The number of sulfonamides is 1. The van der Waals surface area contributed by atoms with Crippen molar-refractivity contribution in [3.8, 4) is 0 Å². The maximum atomic E-state index is 12.1. The molecule has 2 aromatic rings. The average Bonchev–Trinajstić information content (AvgIpc) is 2.48. The van der Waals surface area contributed by atoms with E-state index in [2.05, 4.69) is 31.2 Å². The van der Waals surface area contributed by atoms with Gasteiger partial charge in [0.2, 0.25) is 10.0 Å². The number of hydrogen-bond donors (Lipinski definition) is 1. The number of fused-ring (bicyclic) bond motifs is 1. The van der Waals surface area contributed by atoms with Crippen molar-refractivity contribution in [2.45, 2.75) is 13.8 Å². The van der Waals surface area contributed by atoms with Crippen molar-refractivity contribution in [1.82, 2.24) is 14.3 Å². The molecule has 0 unspecified atom stereocenters. The minimum Gasteiger partial charge on any atom is -0.368 e. The van der Waals surface area contributed by atoms with E-state index < -0.39 is 10.0 Å². The van der Waals surface area contributed by atoms with Crippen LogP contribution in [0.2, 0.25) is 0 Å². The molecule has 8 heteroatoms. The van der Waals surface area contributed by atoms with Gasteiger partial charge >= 0.3 is 0 Å². The minimum absolute atomic E-state index is 0.0359. The van der Waals surface area contributed by atoms with Gasteiger partial charge in [0.1, 0.15) is 12.1 Å². The van der Waals surface area contributed by atoms with Crippen LogP contribution < -0.4 is 5.32 Å². The molecule has 1 aromatic heterocycles. The predicted molar refractivity (Wildman–Crippen MR) is 92.4 cm³/mol. The maximum Gasteiger partial charge on any atom is 0.215 e. The van der Waals surface area contributed by atoms with Crippen LogP contribution in [0, 0.1) is 0 Å². The molecule has 0 aliphatic rings. The second-order valence-electron chi connectivity index (χ2n) is 4.71. The Hall–Kier alpha value is -1.25. The van der Waals surface area contributed by atoms with Crippen molar-refractivity contribution in [1.29, 1.82) is 0 Å². The van der Waals surface area contributed by atoms with Crippen LogP contribution in [0.25, 0.3) is 10.9 Å². The molecule has 1 aromatic carbocycles. The van der Waals surface area contributed by atoms with Gasteiger partial charge in [-0.2, -0.15) is 0 Å². The third kappa shape index (κ3) is 3.93. The number of anilines is 1. The first-order chi connectivity index (χ1) is 10.5. The van der Waals surface area contributed by atoms with E-state index in [1.54, 1.807) is 0 Å². The van der Waals surface area contributed by atoms with E-state index in [1.807, 2.05) is 32.0 Å². The Morgan fingerprint density at radius 3 is 2.64 bits per heavy atom. The van der Waals surface area contributed by atoms with Crippen LogP contribution in [0.4, 0.5) is 5.82 Å². The number of benzene rings is 1. The van der Waals surface area contributed by atoms with Gasteiger partial charge in [-0.3, -0.25) is 0 Å². The van der Waals surface area contributed by atoms with Gasteiger partial charge in [0.25, 0.3) is 0 Å². The second kappa shape index (κ2) is 7.34. The standard InChI is InChI=1S/C14H19BrN4O2S/c1-3-19(4-2)22(20,21)8-7-16-14-12-9-11(15)5-6-13(12)17-10-18-14/h5-6,9-10H,3-4,7-8H2,1-2H3,(H,16,17,18). The Morgan fingerprint density at radius 1 is 1.23 bits per heavy atom. The summed E-state index contributed by atoms with van der Waals surface area (Å²) in [5, 5.41) is 3.95. The van der Waals surface area contributed by atoms with E-state index in [9.17, 15) is 8.42 Å². The first-order valence-corrected chi connectivity index (χ1v) is 9.50. The lowest BCUT2D eigenvalue weighted by molar-refractivity contribution is 0.446. The third-order valence-corrected chi connectivity index (χ3v) is 5.87. The molecule has 0 bridgehead atoms. The number of aromatic nitrogens is 2. The fourth-order valence-corrected chi connectivity index (χ4v) is 3.98. The lowest BCUT2D eigenvalue weighted by Gasteiger charge is -2.18. The van der Waals surface area contributed by atoms with Gasteiger partial charge < -0.3 is 5.32 Å². The highest BCUT2D eigenvalue weighted by Gasteiger charge is 2.18. The maximum absolute atomic E-state index is 12.1. The molecule has 0 fully saturated rings. The topological polar surface area (TPSA) is 75.2 Å². The molecule has 6 nitrogen and oxygen atoms in total. The zero-order valence-electron chi connectivity index (χ0n) is 12.6. The number of halogens is 1. The molecule has 0 saturated heterocycles. The molecule has 0 aliphatic heterocycles. The molecule has 22 heavy (non-hydrogen) atoms. The molecule has 0 radical (unpaired) electrons. The average molecular weight is 387 g/mol. The SMILES string of the molecule is CCN(CC)S(=O)(=O)CCNc1ncnc2ccc(Br)cc12. The quantitative estimate of drug-likeness (QED) is 0.790. The van der Waals surface area contributed by atoms with E-state index in [-0.39, 0.29) is 5.75 Å². The first-order valence-electron chi connectivity index (χ1n) is 7.10. The smallest absolute Gasteiger partial charge is 0.215 e. The van der Waals surface area contributed by atoms with E-state index >= 15 is 0 Å². The van der Waals surface area contributed by atoms with E-state index in [0.29, 0.717) is 25.5 Å². The van der Waals surface area contributed by atoms with Crippen LogP contribution in [-0.4, -0.2) is 48.1 Å². The van der Waals surface area contributed by atoms with Crippen molar-refractivity contribution in [3.05, 3.63) is 29.0 Å². The van der Waals surface area contributed by atoms with Gasteiger partial charge in [-0.25, -0.2) is 22.7 Å². The van der Waals surface area contributed by atoms with E-state index in [4.69, 9.17) is 0 Å². The summed E-state index contributed by atoms with van der Waals surface area (Å²) in [6, 6.07) is 5.71. The summed E-state index contributed by atoms with van der Waals surface area (Å²) in [6.45, 7) is 4.95. The molecule has 1 heterocycles. The molecular weight excluding hydrogens is 368 g/mol. The van der Waals surface area contributed by atoms with Gasteiger partial charge in [0.15, 0.2) is 0 Å². The number of nitrogens with zero attached hydrogens (tertiary/aromatic N) is 3. The molecule has 120 valence electrons. The summed E-state index contributed by atoms with van der Waals surface area (Å²) in [5.41, 5.74) is 0.812. The van der Waals surface area contributed by atoms with Crippen molar-refractivity contribution in [2.75, 3.05) is 30.7 Å². The highest BCUT2D eigenvalue weighted by molar-refractivity contribution is 9.10. The zero-order chi connectivity index (χ0) is 16.2. The Kier molecular flexibility index (Phi) is 5.71. The lowest BCUT2D eigenvalue weighted by Crippen LogP contribution is -2.34. The Bertz CT molecular complexity index is 748. The number of nitrogens with one attached hydrogen (secondary N) is 1. The molecule has 1 N–H and O–H groups in total. The van der Waals surface area contributed by atoms with Crippen LogP contribution in [0.3, 0.4) is 0 Å². The summed E-state index contributed by atoms with van der Waals surface area (Å²) >= 11 is 3.42. The predicted octanol–water partition coefficient (Wildman–Crippen LogP) is 2.48. The van der Waals surface area contributed by atoms with Crippen LogP contribution in [0.5, 0.6) is 0 Å². The molecule has 0 saturated carbocycles. The monoisotopic (exact) mass is 386 g/mol. The van der Waals surface area contributed by atoms with Crippen LogP contribution >= 0.6 is 15.9 Å². The largest absolute Gasteiger partial charge is 0.368 e. The molecule has 0 atom stereocenters.